The molecule has 8 rings (SSSR count). The van der Waals surface area contributed by atoms with Crippen LogP contribution >= 0.6 is 37.0 Å². The highest BCUT2D eigenvalue weighted by Gasteiger charge is 2.91. The Balaban J connectivity index is 1.19. The molecule has 8 saturated carbocycles. The standard InChI is InChI=1S/C20H28S3/c21-14-3-1-11-12-5-9(18(11)14)6-15(12)23-19-8-10-7-16(19)20(19)13(10)2-4-17(20)22/h9-18,21-22H,1-8H2. The molecule has 0 radical (unpaired) electrons. The van der Waals surface area contributed by atoms with Crippen molar-refractivity contribution in [3.63, 3.8) is 0 Å². The van der Waals surface area contributed by atoms with E-state index in [1.54, 1.807) is 25.7 Å². The van der Waals surface area contributed by atoms with Gasteiger partial charge in [0.25, 0.3) is 0 Å². The van der Waals surface area contributed by atoms with Crippen LogP contribution in [0.15, 0.2) is 0 Å². The number of thioether (sulfide) groups is 1. The molecule has 126 valence electrons. The van der Waals surface area contributed by atoms with E-state index in [0.29, 0.717) is 5.41 Å². The van der Waals surface area contributed by atoms with E-state index in [-0.39, 0.29) is 0 Å². The van der Waals surface area contributed by atoms with Crippen LogP contribution in [-0.4, -0.2) is 20.5 Å². The fraction of sp³-hybridized carbons (Fsp3) is 1.00. The van der Waals surface area contributed by atoms with Gasteiger partial charge in [0, 0.05) is 25.9 Å². The van der Waals surface area contributed by atoms with E-state index >= 15 is 0 Å². The summed E-state index contributed by atoms with van der Waals surface area (Å²) in [5, 5.41) is 2.50. The normalized spacial score (nSPS) is 72.8. The van der Waals surface area contributed by atoms with Crippen LogP contribution in [-0.2, 0) is 0 Å². The predicted molar refractivity (Wildman–Crippen MR) is 103 cm³/mol. The van der Waals surface area contributed by atoms with Crippen LogP contribution in [0.3, 0.4) is 0 Å². The molecule has 12 atom stereocenters. The van der Waals surface area contributed by atoms with E-state index in [2.05, 4.69) is 11.8 Å². The largest absolute Gasteiger partial charge is 0.176 e. The van der Waals surface area contributed by atoms with Crippen LogP contribution in [0.2, 0.25) is 0 Å². The number of hydrogen-bond donors (Lipinski definition) is 2. The Bertz CT molecular complexity index is 591. The molecule has 0 aromatic heterocycles. The fourth-order valence-electron chi connectivity index (χ4n) is 9.87. The second-order valence-electron chi connectivity index (χ2n) is 10.2. The first-order valence-corrected chi connectivity index (χ1v) is 12.1. The first kappa shape index (κ1) is 14.2. The summed E-state index contributed by atoms with van der Waals surface area (Å²) in [5.41, 5.74) is 0.717. The molecule has 8 aliphatic rings. The highest BCUT2D eigenvalue weighted by Crippen LogP contribution is 2.93. The van der Waals surface area contributed by atoms with Gasteiger partial charge in [0.15, 0.2) is 0 Å². The summed E-state index contributed by atoms with van der Waals surface area (Å²) in [5.74, 6) is 7.43. The van der Waals surface area contributed by atoms with Crippen molar-refractivity contribution in [1.29, 1.82) is 0 Å². The monoisotopic (exact) mass is 364 g/mol. The molecule has 0 aromatic rings. The first-order valence-electron chi connectivity index (χ1n) is 10.2. The van der Waals surface area contributed by atoms with Crippen molar-refractivity contribution in [3.8, 4) is 0 Å². The fourth-order valence-corrected chi connectivity index (χ4v) is 14.0. The van der Waals surface area contributed by atoms with Gasteiger partial charge in [-0.15, -0.1) is 0 Å². The molecule has 12 unspecified atom stereocenters. The number of rotatable bonds is 2. The predicted octanol–water partition coefficient (Wildman–Crippen LogP) is 4.94. The van der Waals surface area contributed by atoms with Crippen molar-refractivity contribution in [2.24, 2.45) is 46.8 Å². The molecule has 8 aliphatic carbocycles. The molecule has 6 bridgehead atoms. The zero-order valence-electron chi connectivity index (χ0n) is 13.7. The molecule has 3 heteroatoms. The quantitative estimate of drug-likeness (QED) is 0.655. The smallest absolute Gasteiger partial charge is 0.0272 e. The van der Waals surface area contributed by atoms with E-state index in [0.717, 1.165) is 61.9 Å². The van der Waals surface area contributed by atoms with Crippen LogP contribution in [0.1, 0.15) is 51.4 Å². The Morgan fingerprint density at radius 1 is 0.870 bits per heavy atom. The summed E-state index contributed by atoms with van der Waals surface area (Å²) in [4.78, 5) is 0. The Morgan fingerprint density at radius 3 is 2.70 bits per heavy atom. The van der Waals surface area contributed by atoms with E-state index in [9.17, 15) is 0 Å². The molecule has 0 heterocycles. The Hall–Kier alpha value is 1.05. The molecule has 0 amide bonds. The third-order valence-electron chi connectivity index (χ3n) is 10.2. The molecule has 23 heavy (non-hydrogen) atoms. The third kappa shape index (κ3) is 1.32. The number of hydrogen-bond acceptors (Lipinski definition) is 3. The lowest BCUT2D eigenvalue weighted by atomic mass is 9.81. The van der Waals surface area contributed by atoms with Gasteiger partial charge in [-0.1, -0.05) is 0 Å². The number of fused-ring (bicyclic) bond motifs is 5. The topological polar surface area (TPSA) is 0 Å². The molecular formula is C20H28S3. The van der Waals surface area contributed by atoms with Gasteiger partial charge >= 0.3 is 0 Å². The van der Waals surface area contributed by atoms with E-state index in [1.165, 1.54) is 25.7 Å². The second-order valence-corrected chi connectivity index (χ2v) is 13.1. The van der Waals surface area contributed by atoms with E-state index in [4.69, 9.17) is 25.3 Å². The van der Waals surface area contributed by atoms with Crippen molar-refractivity contribution in [3.05, 3.63) is 0 Å². The third-order valence-corrected chi connectivity index (χ3v) is 13.5. The Morgan fingerprint density at radius 2 is 1.78 bits per heavy atom. The average Bonchev–Trinajstić information content (AvgIpc) is 3.21. The SMILES string of the molecule is SC1CCC2C3CC(CC3SC34CC5CC3C43C(S)CCC53)C12. The second kappa shape index (κ2) is 4.14. The van der Waals surface area contributed by atoms with Crippen molar-refractivity contribution < 1.29 is 0 Å². The molecule has 8 fully saturated rings. The minimum Gasteiger partial charge on any atom is -0.176 e. The highest BCUT2D eigenvalue weighted by molar-refractivity contribution is 8.01. The van der Waals surface area contributed by atoms with Gasteiger partial charge < -0.3 is 0 Å². The summed E-state index contributed by atoms with van der Waals surface area (Å²) in [6, 6.07) is 0. The highest BCUT2D eigenvalue weighted by atomic mass is 32.2. The van der Waals surface area contributed by atoms with Gasteiger partial charge in [-0.25, -0.2) is 0 Å². The maximum Gasteiger partial charge on any atom is 0.0272 e. The van der Waals surface area contributed by atoms with Crippen LogP contribution in [0.4, 0.5) is 0 Å². The lowest BCUT2D eigenvalue weighted by Crippen LogP contribution is -2.32. The number of thiol groups is 2. The van der Waals surface area contributed by atoms with Gasteiger partial charge in [0.1, 0.15) is 0 Å². The molecule has 0 nitrogen and oxygen atoms in total. The summed E-state index contributed by atoms with van der Waals surface area (Å²) in [7, 11) is 0. The lowest BCUT2D eigenvalue weighted by molar-refractivity contribution is 0.269. The maximum atomic E-state index is 5.13. The first-order chi connectivity index (χ1) is 11.2. The van der Waals surface area contributed by atoms with Crippen LogP contribution in [0, 0.1) is 46.8 Å². The summed E-state index contributed by atoms with van der Waals surface area (Å²) < 4.78 is 0.717. The van der Waals surface area contributed by atoms with Gasteiger partial charge in [-0.05, 0) is 92.8 Å². The van der Waals surface area contributed by atoms with Crippen LogP contribution < -0.4 is 0 Å². The molecule has 0 aromatic carbocycles. The van der Waals surface area contributed by atoms with E-state index < -0.39 is 0 Å². The minimum absolute atomic E-state index is 0.717. The van der Waals surface area contributed by atoms with Gasteiger partial charge in [0.05, 0.1) is 0 Å². The van der Waals surface area contributed by atoms with Gasteiger partial charge in [-0.2, -0.15) is 37.0 Å². The summed E-state index contributed by atoms with van der Waals surface area (Å²) in [6.45, 7) is 0. The zero-order valence-corrected chi connectivity index (χ0v) is 16.3. The van der Waals surface area contributed by atoms with Crippen molar-refractivity contribution in [2.45, 2.75) is 71.9 Å². The van der Waals surface area contributed by atoms with Crippen LogP contribution in [0.5, 0.6) is 0 Å². The maximum absolute atomic E-state index is 5.13. The zero-order chi connectivity index (χ0) is 15.1. The van der Waals surface area contributed by atoms with Crippen LogP contribution in [0.25, 0.3) is 0 Å². The molecule has 0 saturated heterocycles. The molecule has 1 spiro atoms. The molecule has 0 N–H and O–H groups in total. The Kier molecular flexibility index (Phi) is 2.54. The van der Waals surface area contributed by atoms with Crippen molar-refractivity contribution in [1.82, 2.24) is 0 Å². The van der Waals surface area contributed by atoms with Crippen molar-refractivity contribution >= 4 is 37.0 Å². The average molecular weight is 365 g/mol. The summed E-state index contributed by atoms with van der Waals surface area (Å²) >= 11 is 12.6. The van der Waals surface area contributed by atoms with Gasteiger partial charge in [-0.3, -0.25) is 0 Å². The lowest BCUT2D eigenvalue weighted by Gasteiger charge is -2.35. The Labute approximate surface area is 155 Å². The molecular weight excluding hydrogens is 336 g/mol. The minimum atomic E-state index is 0.717. The molecule has 0 aliphatic heterocycles. The summed E-state index contributed by atoms with van der Waals surface area (Å²) in [6.07, 6.45) is 12.1. The van der Waals surface area contributed by atoms with E-state index in [1.807, 2.05) is 0 Å². The van der Waals surface area contributed by atoms with Gasteiger partial charge in [0.2, 0.25) is 0 Å². The van der Waals surface area contributed by atoms with Crippen molar-refractivity contribution in [2.75, 3.05) is 0 Å².